The molecular weight excluding hydrogens is 366 g/mol. The predicted octanol–water partition coefficient (Wildman–Crippen LogP) is 1.95. The summed E-state index contributed by atoms with van der Waals surface area (Å²) >= 11 is 6.24. The third-order valence-electron chi connectivity index (χ3n) is 3.34. The molecule has 0 fully saturated rings. The standard InChI is InChI=1S/C15H12ClN5O3S/c1-25(23,24)10-6-7-12(17-8-10)14-19-20-15(18-9-22)21(14)13-5-3-2-4-11(13)16/h2-9H,1H3,(H,18,20,22). The van der Waals surface area contributed by atoms with Crippen LogP contribution in [0.25, 0.3) is 17.2 Å². The van der Waals surface area contributed by atoms with Crippen LogP contribution in [0.2, 0.25) is 5.02 Å². The molecule has 1 aromatic carbocycles. The maximum atomic E-state index is 11.6. The van der Waals surface area contributed by atoms with E-state index in [1.807, 2.05) is 0 Å². The lowest BCUT2D eigenvalue weighted by Gasteiger charge is -2.11. The average Bonchev–Trinajstić information content (AvgIpc) is 2.98. The topological polar surface area (TPSA) is 107 Å². The van der Waals surface area contributed by atoms with E-state index in [4.69, 9.17) is 11.6 Å². The molecule has 0 saturated heterocycles. The van der Waals surface area contributed by atoms with Crippen molar-refractivity contribution in [1.29, 1.82) is 0 Å². The van der Waals surface area contributed by atoms with Crippen molar-refractivity contribution in [3.8, 4) is 17.2 Å². The van der Waals surface area contributed by atoms with Gasteiger partial charge in [0.15, 0.2) is 15.7 Å². The van der Waals surface area contributed by atoms with Gasteiger partial charge < -0.3 is 0 Å². The van der Waals surface area contributed by atoms with E-state index < -0.39 is 9.84 Å². The number of carbonyl (C=O) groups is 1. The van der Waals surface area contributed by atoms with Crippen molar-refractivity contribution in [3.05, 3.63) is 47.6 Å². The fourth-order valence-corrected chi connectivity index (χ4v) is 2.97. The summed E-state index contributed by atoms with van der Waals surface area (Å²) in [6, 6.07) is 9.90. The van der Waals surface area contributed by atoms with Crippen molar-refractivity contribution < 1.29 is 13.2 Å². The van der Waals surface area contributed by atoms with E-state index in [1.54, 1.807) is 24.3 Å². The Morgan fingerprint density at radius 3 is 2.52 bits per heavy atom. The number of nitrogens with one attached hydrogen (secondary N) is 1. The Morgan fingerprint density at radius 2 is 1.92 bits per heavy atom. The monoisotopic (exact) mass is 377 g/mol. The summed E-state index contributed by atoms with van der Waals surface area (Å²) in [4.78, 5) is 15.1. The molecule has 0 aliphatic carbocycles. The van der Waals surface area contributed by atoms with Gasteiger partial charge in [-0.3, -0.25) is 19.7 Å². The molecule has 3 rings (SSSR count). The van der Waals surface area contributed by atoms with Crippen LogP contribution in [-0.4, -0.2) is 40.8 Å². The Labute approximate surface area is 148 Å². The highest BCUT2D eigenvalue weighted by Crippen LogP contribution is 2.28. The fraction of sp³-hybridized carbons (Fsp3) is 0.0667. The molecule has 1 N–H and O–H groups in total. The van der Waals surface area contributed by atoms with Gasteiger partial charge in [-0.05, 0) is 24.3 Å². The predicted molar refractivity (Wildman–Crippen MR) is 92.4 cm³/mol. The van der Waals surface area contributed by atoms with Gasteiger partial charge >= 0.3 is 0 Å². The first-order valence-electron chi connectivity index (χ1n) is 6.99. The van der Waals surface area contributed by atoms with Crippen molar-refractivity contribution in [3.63, 3.8) is 0 Å². The highest BCUT2D eigenvalue weighted by molar-refractivity contribution is 7.90. The Balaban J connectivity index is 2.17. The quantitative estimate of drug-likeness (QED) is 0.681. The van der Waals surface area contributed by atoms with Crippen molar-refractivity contribution >= 4 is 33.8 Å². The molecule has 1 amide bonds. The number of hydrogen-bond donors (Lipinski definition) is 1. The van der Waals surface area contributed by atoms with E-state index in [1.165, 1.54) is 22.9 Å². The van der Waals surface area contributed by atoms with Crippen LogP contribution in [0.5, 0.6) is 0 Å². The van der Waals surface area contributed by atoms with Crippen LogP contribution >= 0.6 is 11.6 Å². The molecule has 0 radical (unpaired) electrons. The summed E-state index contributed by atoms with van der Waals surface area (Å²) in [5, 5.41) is 10.8. The van der Waals surface area contributed by atoms with E-state index in [-0.39, 0.29) is 10.8 Å². The smallest absolute Gasteiger partial charge is 0.236 e. The van der Waals surface area contributed by atoms with Gasteiger partial charge in [-0.15, -0.1) is 10.2 Å². The number of amides is 1. The zero-order valence-corrected chi connectivity index (χ0v) is 14.5. The molecule has 3 aromatic rings. The number of carbonyl (C=O) groups excluding carboxylic acids is 1. The lowest BCUT2D eigenvalue weighted by atomic mass is 10.3. The molecular formula is C15H12ClN5O3S. The highest BCUT2D eigenvalue weighted by Gasteiger charge is 2.19. The molecule has 128 valence electrons. The summed E-state index contributed by atoms with van der Waals surface area (Å²) < 4.78 is 24.7. The Kier molecular flexibility index (Phi) is 4.51. The summed E-state index contributed by atoms with van der Waals surface area (Å²) in [5.74, 6) is 0.463. The van der Waals surface area contributed by atoms with Crippen molar-refractivity contribution in [2.75, 3.05) is 11.6 Å². The molecule has 0 saturated carbocycles. The zero-order valence-electron chi connectivity index (χ0n) is 12.9. The third kappa shape index (κ3) is 3.37. The summed E-state index contributed by atoms with van der Waals surface area (Å²) in [5.41, 5.74) is 0.918. The maximum absolute atomic E-state index is 11.6. The first-order valence-corrected chi connectivity index (χ1v) is 9.25. The summed E-state index contributed by atoms with van der Waals surface area (Å²) in [6.07, 6.45) is 2.81. The number of nitrogens with zero attached hydrogens (tertiary/aromatic N) is 4. The summed E-state index contributed by atoms with van der Waals surface area (Å²) in [7, 11) is -3.36. The van der Waals surface area contributed by atoms with Crippen LogP contribution in [0.1, 0.15) is 0 Å². The Bertz CT molecular complexity index is 1030. The fourth-order valence-electron chi connectivity index (χ4n) is 2.19. The molecule has 10 heteroatoms. The number of halogens is 1. The molecule has 25 heavy (non-hydrogen) atoms. The molecule has 2 aromatic heterocycles. The van der Waals surface area contributed by atoms with Crippen LogP contribution in [0.4, 0.5) is 5.95 Å². The number of hydrogen-bond acceptors (Lipinski definition) is 6. The van der Waals surface area contributed by atoms with Gasteiger partial charge in [-0.25, -0.2) is 8.42 Å². The first kappa shape index (κ1) is 17.1. The van der Waals surface area contributed by atoms with Gasteiger partial charge in [-0.2, -0.15) is 0 Å². The van der Waals surface area contributed by atoms with Gasteiger partial charge in [0.2, 0.25) is 12.4 Å². The first-order chi connectivity index (χ1) is 11.9. The second-order valence-corrected chi connectivity index (χ2v) is 7.47. The number of pyridine rings is 1. The van der Waals surface area contributed by atoms with E-state index in [0.717, 1.165) is 6.26 Å². The Morgan fingerprint density at radius 1 is 1.16 bits per heavy atom. The normalized spacial score (nSPS) is 11.3. The number of aromatic nitrogens is 4. The van der Waals surface area contributed by atoms with E-state index in [9.17, 15) is 13.2 Å². The van der Waals surface area contributed by atoms with Gasteiger partial charge in [0, 0.05) is 12.5 Å². The number of rotatable bonds is 5. The number of anilines is 1. The SMILES string of the molecule is CS(=O)(=O)c1ccc(-c2nnc(NC=O)n2-c2ccccc2Cl)nc1. The number of sulfone groups is 1. The largest absolute Gasteiger partial charge is 0.297 e. The average molecular weight is 378 g/mol. The van der Waals surface area contributed by atoms with Gasteiger partial charge in [0.05, 0.1) is 15.6 Å². The summed E-state index contributed by atoms with van der Waals surface area (Å²) in [6.45, 7) is 0. The zero-order chi connectivity index (χ0) is 18.0. The highest BCUT2D eigenvalue weighted by atomic mass is 35.5. The van der Waals surface area contributed by atoms with Crippen LogP contribution in [0, 0.1) is 0 Å². The van der Waals surface area contributed by atoms with Crippen molar-refractivity contribution in [2.24, 2.45) is 0 Å². The lowest BCUT2D eigenvalue weighted by molar-refractivity contribution is -0.105. The molecule has 2 heterocycles. The maximum Gasteiger partial charge on any atom is 0.236 e. The van der Waals surface area contributed by atoms with Crippen molar-refractivity contribution in [1.82, 2.24) is 19.7 Å². The lowest BCUT2D eigenvalue weighted by Crippen LogP contribution is -2.06. The van der Waals surface area contributed by atoms with Crippen molar-refractivity contribution in [2.45, 2.75) is 4.90 Å². The minimum Gasteiger partial charge on any atom is -0.297 e. The molecule has 0 bridgehead atoms. The second kappa shape index (κ2) is 6.61. The molecule has 0 unspecified atom stereocenters. The van der Waals surface area contributed by atoms with Gasteiger partial charge in [-0.1, -0.05) is 23.7 Å². The van der Waals surface area contributed by atoms with Gasteiger partial charge in [0.25, 0.3) is 0 Å². The van der Waals surface area contributed by atoms with Crippen LogP contribution in [0.15, 0.2) is 47.5 Å². The van der Waals surface area contributed by atoms with Crippen LogP contribution < -0.4 is 5.32 Å². The molecule has 0 aliphatic rings. The van der Waals surface area contributed by atoms with Gasteiger partial charge in [0.1, 0.15) is 5.69 Å². The second-order valence-electron chi connectivity index (χ2n) is 5.05. The third-order valence-corrected chi connectivity index (χ3v) is 4.76. The Hall–Kier alpha value is -2.78. The number of para-hydroxylation sites is 1. The molecule has 0 spiro atoms. The van der Waals surface area contributed by atoms with Crippen LogP contribution in [-0.2, 0) is 14.6 Å². The van der Waals surface area contributed by atoms with E-state index in [2.05, 4.69) is 20.5 Å². The van der Waals surface area contributed by atoms with E-state index >= 15 is 0 Å². The minimum absolute atomic E-state index is 0.0892. The molecule has 0 atom stereocenters. The number of benzene rings is 1. The molecule has 0 aliphatic heterocycles. The van der Waals surface area contributed by atoms with E-state index in [0.29, 0.717) is 28.6 Å². The van der Waals surface area contributed by atoms with Crippen LogP contribution in [0.3, 0.4) is 0 Å². The minimum atomic E-state index is -3.36. The molecule has 8 nitrogen and oxygen atoms in total.